The first-order valence-electron chi connectivity index (χ1n) is 8.53. The molecule has 0 saturated carbocycles. The first-order chi connectivity index (χ1) is 13.0. The van der Waals surface area contributed by atoms with Crippen molar-refractivity contribution in [3.8, 4) is 11.5 Å². The van der Waals surface area contributed by atoms with E-state index in [0.717, 1.165) is 16.9 Å². The van der Waals surface area contributed by atoms with Gasteiger partial charge in [0.1, 0.15) is 5.00 Å². The maximum atomic E-state index is 12.3. The van der Waals surface area contributed by atoms with Gasteiger partial charge in [-0.15, -0.1) is 11.3 Å². The molecule has 1 N–H and O–H groups in total. The van der Waals surface area contributed by atoms with E-state index >= 15 is 0 Å². The molecule has 144 valence electrons. The minimum Gasteiger partial charge on any atom is -0.493 e. The van der Waals surface area contributed by atoms with Crippen molar-refractivity contribution in [3.05, 3.63) is 46.3 Å². The van der Waals surface area contributed by atoms with Crippen molar-refractivity contribution in [1.82, 2.24) is 0 Å². The zero-order chi connectivity index (χ0) is 19.8. The molecule has 0 radical (unpaired) electrons. The van der Waals surface area contributed by atoms with E-state index in [1.807, 2.05) is 13.0 Å². The second-order valence-electron chi connectivity index (χ2n) is 5.47. The molecule has 6 nitrogen and oxygen atoms in total. The molecule has 7 heteroatoms. The molecule has 0 atom stereocenters. The molecule has 0 aliphatic heterocycles. The maximum Gasteiger partial charge on any atom is 0.341 e. The van der Waals surface area contributed by atoms with Crippen LogP contribution in [0.15, 0.2) is 30.3 Å². The summed E-state index contributed by atoms with van der Waals surface area (Å²) in [5, 5.41) is 3.25. The van der Waals surface area contributed by atoms with Gasteiger partial charge in [-0.05, 0) is 43.2 Å². The first kappa shape index (κ1) is 20.5. The van der Waals surface area contributed by atoms with Crippen LogP contribution in [-0.2, 0) is 16.0 Å². The Kier molecular flexibility index (Phi) is 7.43. The number of rotatable bonds is 8. The third-order valence-electron chi connectivity index (χ3n) is 3.70. The first-order valence-corrected chi connectivity index (χ1v) is 9.34. The fourth-order valence-electron chi connectivity index (χ4n) is 2.35. The van der Waals surface area contributed by atoms with Gasteiger partial charge in [0.25, 0.3) is 0 Å². The van der Waals surface area contributed by atoms with E-state index in [4.69, 9.17) is 14.2 Å². The molecule has 2 aromatic rings. The van der Waals surface area contributed by atoms with Crippen LogP contribution in [0.1, 0.15) is 34.6 Å². The summed E-state index contributed by atoms with van der Waals surface area (Å²) in [6, 6.07) is 7.11. The summed E-state index contributed by atoms with van der Waals surface area (Å²) < 4.78 is 15.5. The zero-order valence-corrected chi connectivity index (χ0v) is 16.6. The van der Waals surface area contributed by atoms with Crippen LogP contribution in [0.25, 0.3) is 6.08 Å². The molecule has 1 aromatic heterocycles. The monoisotopic (exact) mass is 389 g/mol. The number of thiophene rings is 1. The van der Waals surface area contributed by atoms with Gasteiger partial charge < -0.3 is 19.5 Å². The number of benzene rings is 1. The van der Waals surface area contributed by atoms with Crippen LogP contribution in [0, 0.1) is 0 Å². The number of esters is 1. The molecule has 0 aliphatic rings. The van der Waals surface area contributed by atoms with E-state index in [9.17, 15) is 9.59 Å². The van der Waals surface area contributed by atoms with Crippen LogP contribution in [0.4, 0.5) is 5.00 Å². The highest BCUT2D eigenvalue weighted by molar-refractivity contribution is 7.16. The highest BCUT2D eigenvalue weighted by atomic mass is 32.1. The minimum absolute atomic E-state index is 0.280. The van der Waals surface area contributed by atoms with Crippen molar-refractivity contribution >= 4 is 34.3 Å². The molecular weight excluding hydrogens is 366 g/mol. The number of carbonyl (C=O) groups excluding carboxylic acids is 2. The predicted octanol–water partition coefficient (Wildman–Crippen LogP) is 4.16. The largest absolute Gasteiger partial charge is 0.493 e. The quantitative estimate of drug-likeness (QED) is 0.542. The summed E-state index contributed by atoms with van der Waals surface area (Å²) in [6.07, 6.45) is 3.84. The van der Waals surface area contributed by atoms with Crippen LogP contribution >= 0.6 is 11.3 Å². The molecule has 0 saturated heterocycles. The van der Waals surface area contributed by atoms with Gasteiger partial charge in [0, 0.05) is 11.0 Å². The van der Waals surface area contributed by atoms with Crippen LogP contribution in [0.2, 0.25) is 0 Å². The number of nitrogens with one attached hydrogen (secondary N) is 1. The third-order valence-corrected chi connectivity index (χ3v) is 4.89. The standard InChI is InChI=1S/C20H23NO5S/c1-5-14-12-15(20(23)26-6-2)19(27-14)21-18(22)10-8-13-7-9-16(24-3)17(11-13)25-4/h7-12H,5-6H2,1-4H3,(H,21,22). The van der Waals surface area contributed by atoms with Crippen molar-refractivity contribution in [2.24, 2.45) is 0 Å². The average molecular weight is 389 g/mol. The highest BCUT2D eigenvalue weighted by Gasteiger charge is 2.18. The molecule has 0 unspecified atom stereocenters. The van der Waals surface area contributed by atoms with Crippen molar-refractivity contribution in [2.75, 3.05) is 26.1 Å². The maximum absolute atomic E-state index is 12.3. The Bertz CT molecular complexity index is 841. The van der Waals surface area contributed by atoms with Crippen molar-refractivity contribution in [2.45, 2.75) is 20.3 Å². The lowest BCUT2D eigenvalue weighted by Gasteiger charge is -2.07. The number of carbonyl (C=O) groups is 2. The summed E-state index contributed by atoms with van der Waals surface area (Å²) >= 11 is 1.37. The van der Waals surface area contributed by atoms with Crippen LogP contribution in [0.5, 0.6) is 11.5 Å². The van der Waals surface area contributed by atoms with Gasteiger partial charge in [0.05, 0.1) is 26.4 Å². The lowest BCUT2D eigenvalue weighted by atomic mass is 10.2. The third kappa shape index (κ3) is 5.34. The van der Waals surface area contributed by atoms with Gasteiger partial charge in [-0.2, -0.15) is 0 Å². The van der Waals surface area contributed by atoms with Crippen LogP contribution in [-0.4, -0.2) is 32.7 Å². The second kappa shape index (κ2) is 9.78. The molecule has 1 heterocycles. The fourth-order valence-corrected chi connectivity index (χ4v) is 3.34. The lowest BCUT2D eigenvalue weighted by Crippen LogP contribution is -2.11. The van der Waals surface area contributed by atoms with Gasteiger partial charge >= 0.3 is 5.97 Å². The Balaban J connectivity index is 2.14. The molecular formula is C20H23NO5S. The lowest BCUT2D eigenvalue weighted by molar-refractivity contribution is -0.111. The van der Waals surface area contributed by atoms with Crippen molar-refractivity contribution < 1.29 is 23.8 Å². The minimum atomic E-state index is -0.437. The number of amides is 1. The Hall–Kier alpha value is -2.80. The van der Waals surface area contributed by atoms with Gasteiger partial charge in [0.2, 0.25) is 5.91 Å². The van der Waals surface area contributed by atoms with E-state index in [-0.39, 0.29) is 12.5 Å². The van der Waals surface area contributed by atoms with Gasteiger partial charge in [-0.1, -0.05) is 13.0 Å². The van der Waals surface area contributed by atoms with Gasteiger partial charge in [-0.3, -0.25) is 4.79 Å². The molecule has 0 spiro atoms. The molecule has 0 aliphatic carbocycles. The Labute approximate surface area is 162 Å². The van der Waals surface area contributed by atoms with E-state index in [2.05, 4.69) is 5.32 Å². The van der Waals surface area contributed by atoms with Crippen molar-refractivity contribution in [1.29, 1.82) is 0 Å². The van der Waals surface area contributed by atoms with E-state index < -0.39 is 5.97 Å². The molecule has 27 heavy (non-hydrogen) atoms. The molecule has 1 amide bonds. The summed E-state index contributed by atoms with van der Waals surface area (Å²) in [7, 11) is 3.12. The Morgan fingerprint density at radius 1 is 1.11 bits per heavy atom. The SMILES string of the molecule is CCOC(=O)c1cc(CC)sc1NC(=O)C=Cc1ccc(OC)c(OC)c1. The summed E-state index contributed by atoms with van der Waals surface area (Å²) in [5.41, 5.74) is 1.17. The summed E-state index contributed by atoms with van der Waals surface area (Å²) in [6.45, 7) is 4.02. The number of anilines is 1. The topological polar surface area (TPSA) is 73.9 Å². The second-order valence-corrected chi connectivity index (χ2v) is 6.60. The van der Waals surface area contributed by atoms with E-state index in [1.54, 1.807) is 45.4 Å². The van der Waals surface area contributed by atoms with Crippen molar-refractivity contribution in [3.63, 3.8) is 0 Å². The summed E-state index contributed by atoms with van der Waals surface area (Å²) in [5.74, 6) is 0.423. The molecule has 2 rings (SSSR count). The van der Waals surface area contributed by atoms with E-state index in [0.29, 0.717) is 22.1 Å². The molecule has 1 aromatic carbocycles. The summed E-state index contributed by atoms with van der Waals surface area (Å²) in [4.78, 5) is 25.4. The predicted molar refractivity (Wildman–Crippen MR) is 107 cm³/mol. The number of hydrogen-bond donors (Lipinski definition) is 1. The fraction of sp³-hybridized carbons (Fsp3) is 0.300. The number of methoxy groups -OCH3 is 2. The van der Waals surface area contributed by atoms with Crippen LogP contribution in [0.3, 0.4) is 0 Å². The number of hydrogen-bond acceptors (Lipinski definition) is 6. The average Bonchev–Trinajstić information content (AvgIpc) is 3.09. The normalized spacial score (nSPS) is 10.7. The van der Waals surface area contributed by atoms with Crippen LogP contribution < -0.4 is 14.8 Å². The number of ether oxygens (including phenoxy) is 3. The van der Waals surface area contributed by atoms with Gasteiger partial charge in [0.15, 0.2) is 11.5 Å². The highest BCUT2D eigenvalue weighted by Crippen LogP contribution is 2.30. The smallest absolute Gasteiger partial charge is 0.341 e. The number of aryl methyl sites for hydroxylation is 1. The Morgan fingerprint density at radius 3 is 2.48 bits per heavy atom. The molecule has 0 bridgehead atoms. The zero-order valence-electron chi connectivity index (χ0n) is 15.8. The Morgan fingerprint density at radius 2 is 1.85 bits per heavy atom. The van der Waals surface area contributed by atoms with E-state index in [1.165, 1.54) is 17.4 Å². The molecule has 0 fully saturated rings. The van der Waals surface area contributed by atoms with Gasteiger partial charge in [-0.25, -0.2) is 4.79 Å².